The second kappa shape index (κ2) is 9.45. The van der Waals surface area contributed by atoms with Crippen molar-refractivity contribution in [3.8, 4) is 5.75 Å². The average Bonchev–Trinajstić information content (AvgIpc) is 2.66. The Balaban J connectivity index is 1.92. The molecule has 9 nitrogen and oxygen atoms in total. The molecular formula is C19H25N3O6S2. The molecule has 0 aliphatic carbocycles. The first kappa shape index (κ1) is 23.6. The molecule has 30 heavy (non-hydrogen) atoms. The van der Waals surface area contributed by atoms with E-state index in [0.29, 0.717) is 22.6 Å². The highest BCUT2D eigenvalue weighted by Gasteiger charge is 2.17. The Bertz CT molecular complexity index is 1110. The van der Waals surface area contributed by atoms with Gasteiger partial charge in [-0.1, -0.05) is 6.07 Å². The highest BCUT2D eigenvalue weighted by Crippen LogP contribution is 2.20. The van der Waals surface area contributed by atoms with Gasteiger partial charge in [0.25, 0.3) is 5.91 Å². The Labute approximate surface area is 177 Å². The number of carbonyl (C=O) groups is 1. The maximum absolute atomic E-state index is 12.4. The summed E-state index contributed by atoms with van der Waals surface area (Å²) in [6.07, 6.45) is 1.04. The molecule has 0 saturated carbocycles. The number of sulfonamides is 2. The highest BCUT2D eigenvalue weighted by atomic mass is 32.2. The number of hydrogen-bond donors (Lipinski definition) is 2. The highest BCUT2D eigenvalue weighted by molar-refractivity contribution is 7.92. The lowest BCUT2D eigenvalue weighted by Crippen LogP contribution is -2.29. The Kier molecular flexibility index (Phi) is 7.45. The van der Waals surface area contributed by atoms with Gasteiger partial charge in [-0.05, 0) is 48.9 Å². The van der Waals surface area contributed by atoms with Gasteiger partial charge in [-0.15, -0.1) is 0 Å². The van der Waals surface area contributed by atoms with E-state index in [4.69, 9.17) is 4.74 Å². The van der Waals surface area contributed by atoms with Crippen LogP contribution in [0.2, 0.25) is 0 Å². The van der Waals surface area contributed by atoms with Gasteiger partial charge in [0.15, 0.2) is 0 Å². The third kappa shape index (κ3) is 6.18. The minimum absolute atomic E-state index is 0.159. The molecular weight excluding hydrogens is 430 g/mol. The monoisotopic (exact) mass is 455 g/mol. The molecule has 2 aromatic carbocycles. The van der Waals surface area contributed by atoms with Crippen molar-refractivity contribution < 1.29 is 26.4 Å². The molecule has 2 aromatic rings. The van der Waals surface area contributed by atoms with E-state index >= 15 is 0 Å². The summed E-state index contributed by atoms with van der Waals surface area (Å²) < 4.78 is 56.0. The van der Waals surface area contributed by atoms with Gasteiger partial charge in [-0.25, -0.2) is 21.1 Å². The lowest BCUT2D eigenvalue weighted by molar-refractivity contribution is 0.0946. The number of hydrogen-bond acceptors (Lipinski definition) is 6. The van der Waals surface area contributed by atoms with Gasteiger partial charge in [-0.3, -0.25) is 9.52 Å². The average molecular weight is 456 g/mol. The quantitative estimate of drug-likeness (QED) is 0.552. The summed E-state index contributed by atoms with van der Waals surface area (Å²) in [6, 6.07) is 10.8. The van der Waals surface area contributed by atoms with Crippen molar-refractivity contribution in [2.75, 3.05) is 38.2 Å². The zero-order valence-corrected chi connectivity index (χ0v) is 18.8. The van der Waals surface area contributed by atoms with E-state index in [1.54, 1.807) is 37.3 Å². The minimum Gasteiger partial charge on any atom is -0.492 e. The molecule has 0 aliphatic rings. The van der Waals surface area contributed by atoms with Gasteiger partial charge in [0.05, 0.1) is 23.4 Å². The summed E-state index contributed by atoms with van der Waals surface area (Å²) in [5.41, 5.74) is 1.20. The number of benzene rings is 2. The van der Waals surface area contributed by atoms with Crippen LogP contribution in [-0.4, -0.2) is 60.6 Å². The Hall–Kier alpha value is -2.63. The largest absolute Gasteiger partial charge is 0.492 e. The van der Waals surface area contributed by atoms with E-state index in [1.807, 2.05) is 0 Å². The van der Waals surface area contributed by atoms with E-state index in [2.05, 4.69) is 10.0 Å². The van der Waals surface area contributed by atoms with E-state index in [9.17, 15) is 21.6 Å². The normalized spacial score (nSPS) is 11.9. The fourth-order valence-corrected chi connectivity index (χ4v) is 4.06. The zero-order chi connectivity index (χ0) is 22.5. The van der Waals surface area contributed by atoms with Crippen LogP contribution in [0.25, 0.3) is 0 Å². The summed E-state index contributed by atoms with van der Waals surface area (Å²) >= 11 is 0. The number of carbonyl (C=O) groups excluding carboxylic acids is 1. The first-order valence-corrected chi connectivity index (χ1v) is 12.3. The maximum Gasteiger partial charge on any atom is 0.251 e. The number of nitrogens with one attached hydrogen (secondary N) is 2. The fourth-order valence-electron chi connectivity index (χ4n) is 2.54. The summed E-state index contributed by atoms with van der Waals surface area (Å²) in [7, 11) is -4.04. The van der Waals surface area contributed by atoms with Crippen LogP contribution in [0.4, 0.5) is 5.69 Å². The molecule has 0 saturated heterocycles. The van der Waals surface area contributed by atoms with Crippen LogP contribution in [0.15, 0.2) is 47.4 Å². The van der Waals surface area contributed by atoms with Crippen LogP contribution in [-0.2, 0) is 20.0 Å². The first-order valence-electron chi connectivity index (χ1n) is 8.93. The van der Waals surface area contributed by atoms with Crippen molar-refractivity contribution >= 4 is 31.6 Å². The van der Waals surface area contributed by atoms with Gasteiger partial charge in [0, 0.05) is 19.7 Å². The summed E-state index contributed by atoms with van der Waals surface area (Å²) in [4.78, 5) is 12.6. The molecule has 1 amide bonds. The number of amides is 1. The van der Waals surface area contributed by atoms with Crippen molar-refractivity contribution in [3.05, 3.63) is 53.6 Å². The number of ether oxygens (including phenoxy) is 1. The molecule has 0 heterocycles. The topological polar surface area (TPSA) is 122 Å². The molecule has 0 spiro atoms. The molecule has 2 rings (SSSR count). The lowest BCUT2D eigenvalue weighted by atomic mass is 10.1. The molecule has 11 heteroatoms. The van der Waals surface area contributed by atoms with Crippen LogP contribution < -0.4 is 14.8 Å². The number of anilines is 1. The fraction of sp³-hybridized carbons (Fsp3) is 0.316. The predicted molar refractivity (Wildman–Crippen MR) is 115 cm³/mol. The second-order valence-electron chi connectivity index (χ2n) is 6.72. The van der Waals surface area contributed by atoms with Crippen molar-refractivity contribution in [2.45, 2.75) is 11.8 Å². The maximum atomic E-state index is 12.4. The predicted octanol–water partition coefficient (Wildman–Crippen LogP) is 1.43. The summed E-state index contributed by atoms with van der Waals surface area (Å²) in [5.74, 6) is 0.109. The van der Waals surface area contributed by atoms with Gasteiger partial charge < -0.3 is 10.1 Å². The molecule has 0 aliphatic heterocycles. The zero-order valence-electron chi connectivity index (χ0n) is 17.2. The molecule has 0 unspecified atom stereocenters. The van der Waals surface area contributed by atoms with Crippen molar-refractivity contribution in [1.29, 1.82) is 0 Å². The molecule has 0 fully saturated rings. The molecule has 164 valence electrons. The van der Waals surface area contributed by atoms with Crippen molar-refractivity contribution in [3.63, 3.8) is 0 Å². The molecule has 0 aromatic heterocycles. The first-order chi connectivity index (χ1) is 13.9. The standard InChI is InChI=1S/C19H25N3O6S2/c1-14-17(6-5-7-18(14)21-29(4,24)25)19(23)20-12-13-28-15-8-10-16(11-9-15)30(26,27)22(2)3/h5-11,21H,12-13H2,1-4H3,(H,20,23). The molecule has 0 bridgehead atoms. The third-order valence-electron chi connectivity index (χ3n) is 4.13. The van der Waals surface area contributed by atoms with Crippen LogP contribution >= 0.6 is 0 Å². The Morgan fingerprint density at radius 1 is 1.03 bits per heavy atom. The van der Waals surface area contributed by atoms with E-state index in [1.165, 1.54) is 26.2 Å². The van der Waals surface area contributed by atoms with Crippen LogP contribution in [0.3, 0.4) is 0 Å². The van der Waals surface area contributed by atoms with Crippen LogP contribution in [0.1, 0.15) is 15.9 Å². The SMILES string of the molecule is Cc1c(NS(C)(=O)=O)cccc1C(=O)NCCOc1ccc(S(=O)(=O)N(C)C)cc1. The van der Waals surface area contributed by atoms with E-state index in [-0.39, 0.29) is 24.0 Å². The van der Waals surface area contributed by atoms with E-state index < -0.39 is 20.0 Å². The summed E-state index contributed by atoms with van der Waals surface area (Å²) in [5, 5.41) is 2.71. The summed E-state index contributed by atoms with van der Waals surface area (Å²) in [6.45, 7) is 2.04. The van der Waals surface area contributed by atoms with Crippen LogP contribution in [0, 0.1) is 6.92 Å². The van der Waals surface area contributed by atoms with Crippen molar-refractivity contribution in [1.82, 2.24) is 9.62 Å². The molecule has 2 N–H and O–H groups in total. The smallest absolute Gasteiger partial charge is 0.251 e. The second-order valence-corrected chi connectivity index (χ2v) is 10.6. The van der Waals surface area contributed by atoms with Gasteiger partial charge in [0.2, 0.25) is 20.0 Å². The Morgan fingerprint density at radius 2 is 1.67 bits per heavy atom. The Morgan fingerprint density at radius 3 is 2.23 bits per heavy atom. The number of rotatable bonds is 9. The molecule has 0 radical (unpaired) electrons. The van der Waals surface area contributed by atoms with Crippen molar-refractivity contribution in [2.24, 2.45) is 0 Å². The number of nitrogens with zero attached hydrogens (tertiary/aromatic N) is 1. The lowest BCUT2D eigenvalue weighted by Gasteiger charge is -2.13. The third-order valence-corrected chi connectivity index (χ3v) is 6.55. The van der Waals surface area contributed by atoms with Gasteiger partial charge in [0.1, 0.15) is 12.4 Å². The van der Waals surface area contributed by atoms with E-state index in [0.717, 1.165) is 10.6 Å². The van der Waals surface area contributed by atoms with Gasteiger partial charge >= 0.3 is 0 Å². The van der Waals surface area contributed by atoms with Gasteiger partial charge in [-0.2, -0.15) is 0 Å². The minimum atomic E-state index is -3.50. The van der Waals surface area contributed by atoms with Crippen LogP contribution in [0.5, 0.6) is 5.75 Å². The molecule has 0 atom stereocenters.